The Labute approximate surface area is 194 Å². The quantitative estimate of drug-likeness (QED) is 0.401. The minimum atomic E-state index is -1.15. The van der Waals surface area contributed by atoms with Crippen LogP contribution < -0.4 is 10.6 Å². The summed E-state index contributed by atoms with van der Waals surface area (Å²) < 4.78 is 36.0. The molecule has 0 heterocycles. The number of carbonyl (C=O) groups excluding carboxylic acids is 4. The fourth-order valence-corrected chi connectivity index (χ4v) is 2.65. The van der Waals surface area contributed by atoms with Crippen molar-refractivity contribution < 1.29 is 37.4 Å². The van der Waals surface area contributed by atoms with E-state index < -0.39 is 47.6 Å². The molecule has 2 N–H and O–H groups in total. The molecule has 0 spiro atoms. The summed E-state index contributed by atoms with van der Waals surface area (Å²) in [6, 6.07) is 10.1. The van der Waals surface area contributed by atoms with Gasteiger partial charge in [-0.25, -0.2) is 18.4 Å². The molecule has 2 atom stereocenters. The molecule has 0 saturated carbocycles. The highest BCUT2D eigenvalue weighted by atomic mass is 19.1. The minimum Gasteiger partial charge on any atom is -0.449 e. The Morgan fingerprint density at radius 2 is 1.03 bits per heavy atom. The highest BCUT2D eigenvalue weighted by Gasteiger charge is 2.22. The second-order valence-corrected chi connectivity index (χ2v) is 6.99. The van der Waals surface area contributed by atoms with Crippen molar-refractivity contribution in [3.8, 4) is 0 Å². The molecule has 180 valence electrons. The molecule has 2 aromatic carbocycles. The Hall–Kier alpha value is -4.08. The summed E-state index contributed by atoms with van der Waals surface area (Å²) in [6.07, 6.45) is -0.440. The van der Waals surface area contributed by atoms with Crippen molar-refractivity contribution >= 4 is 35.1 Å². The van der Waals surface area contributed by atoms with E-state index in [0.29, 0.717) is 11.4 Å². The Morgan fingerprint density at radius 3 is 1.32 bits per heavy atom. The van der Waals surface area contributed by atoms with Crippen LogP contribution in [0.3, 0.4) is 0 Å². The molecule has 0 fully saturated rings. The third-order valence-corrected chi connectivity index (χ3v) is 4.42. The van der Waals surface area contributed by atoms with Gasteiger partial charge in [0.1, 0.15) is 11.6 Å². The van der Waals surface area contributed by atoms with Gasteiger partial charge in [0, 0.05) is 23.5 Å². The number of halogens is 2. The van der Waals surface area contributed by atoms with Crippen molar-refractivity contribution in [2.45, 2.75) is 38.9 Å². The number of benzene rings is 2. The number of rotatable bonds is 10. The number of ether oxygens (including phenoxy) is 2. The van der Waals surface area contributed by atoms with E-state index in [1.165, 1.54) is 48.5 Å². The topological polar surface area (TPSA) is 111 Å². The molecule has 0 aliphatic carbocycles. The van der Waals surface area contributed by atoms with Gasteiger partial charge in [-0.2, -0.15) is 0 Å². The Bertz CT molecular complexity index is 955. The van der Waals surface area contributed by atoms with Gasteiger partial charge >= 0.3 is 11.9 Å². The number of carbonyl (C=O) groups is 4. The van der Waals surface area contributed by atoms with E-state index in [2.05, 4.69) is 10.6 Å². The summed E-state index contributed by atoms with van der Waals surface area (Å²) in [5.74, 6) is -4.12. The maximum Gasteiger partial charge on any atom is 0.331 e. The lowest BCUT2D eigenvalue weighted by Gasteiger charge is -2.16. The van der Waals surface area contributed by atoms with Crippen molar-refractivity contribution in [2.24, 2.45) is 0 Å². The molecule has 2 rings (SSSR count). The Morgan fingerprint density at radius 1 is 0.706 bits per heavy atom. The molecule has 0 aliphatic rings. The van der Waals surface area contributed by atoms with Crippen LogP contribution in [0, 0.1) is 11.6 Å². The molecule has 0 saturated heterocycles. The lowest BCUT2D eigenvalue weighted by Crippen LogP contribution is -2.32. The number of hydrogen-bond donors (Lipinski definition) is 2. The zero-order valence-corrected chi connectivity index (χ0v) is 18.5. The van der Waals surface area contributed by atoms with Crippen LogP contribution in [0.15, 0.2) is 60.7 Å². The van der Waals surface area contributed by atoms with Crippen LogP contribution in [0.5, 0.6) is 0 Å². The molecule has 34 heavy (non-hydrogen) atoms. The van der Waals surface area contributed by atoms with E-state index in [1.54, 1.807) is 13.8 Å². The van der Waals surface area contributed by atoms with E-state index in [0.717, 1.165) is 12.2 Å². The summed E-state index contributed by atoms with van der Waals surface area (Å²) in [5.41, 5.74) is 0.647. The van der Waals surface area contributed by atoms with Crippen LogP contribution in [0.2, 0.25) is 0 Å². The summed E-state index contributed by atoms with van der Waals surface area (Å²) >= 11 is 0. The fraction of sp³-hybridized carbons (Fsp3) is 0.250. The van der Waals surface area contributed by atoms with Gasteiger partial charge < -0.3 is 20.1 Å². The third kappa shape index (κ3) is 8.45. The van der Waals surface area contributed by atoms with Crippen molar-refractivity contribution in [3.63, 3.8) is 0 Å². The Balaban J connectivity index is 1.87. The molecule has 8 nitrogen and oxygen atoms in total. The van der Waals surface area contributed by atoms with Crippen molar-refractivity contribution in [2.75, 3.05) is 10.6 Å². The van der Waals surface area contributed by atoms with Gasteiger partial charge in [-0.15, -0.1) is 0 Å². The number of hydrogen-bond acceptors (Lipinski definition) is 6. The second kappa shape index (κ2) is 12.8. The monoisotopic (exact) mass is 474 g/mol. The molecule has 0 aliphatic heterocycles. The first-order chi connectivity index (χ1) is 16.2. The molecule has 2 unspecified atom stereocenters. The lowest BCUT2D eigenvalue weighted by atomic mass is 10.2. The first-order valence-electron chi connectivity index (χ1n) is 10.4. The zero-order valence-electron chi connectivity index (χ0n) is 18.5. The second-order valence-electron chi connectivity index (χ2n) is 6.99. The molecule has 10 heteroatoms. The maximum atomic E-state index is 13.0. The maximum absolute atomic E-state index is 13.0. The number of anilines is 2. The van der Waals surface area contributed by atoms with Gasteiger partial charge in [0.05, 0.1) is 0 Å². The largest absolute Gasteiger partial charge is 0.449 e. The van der Waals surface area contributed by atoms with Crippen LogP contribution in [-0.2, 0) is 28.7 Å². The smallest absolute Gasteiger partial charge is 0.331 e. The van der Waals surface area contributed by atoms with Gasteiger partial charge in [0.15, 0.2) is 12.2 Å². The van der Waals surface area contributed by atoms with Gasteiger partial charge in [-0.05, 0) is 61.4 Å². The average Bonchev–Trinajstić information content (AvgIpc) is 2.82. The molecule has 0 bridgehead atoms. The predicted molar refractivity (Wildman–Crippen MR) is 120 cm³/mol. The minimum absolute atomic E-state index is 0.151. The highest BCUT2D eigenvalue weighted by Crippen LogP contribution is 2.12. The van der Waals surface area contributed by atoms with E-state index in [4.69, 9.17) is 9.47 Å². The first-order valence-corrected chi connectivity index (χ1v) is 10.4. The third-order valence-electron chi connectivity index (χ3n) is 4.42. The molecule has 2 amide bonds. The van der Waals surface area contributed by atoms with Crippen molar-refractivity contribution in [1.82, 2.24) is 0 Å². The van der Waals surface area contributed by atoms with Crippen molar-refractivity contribution in [3.05, 3.63) is 72.3 Å². The van der Waals surface area contributed by atoms with Crippen LogP contribution >= 0.6 is 0 Å². The SMILES string of the molecule is CCC(OC(=O)/C=C/C(=O)OC(CC)C(=O)Nc1ccc(F)cc1)C(=O)Nc1ccc(F)cc1. The van der Waals surface area contributed by atoms with Crippen LogP contribution in [0.1, 0.15) is 26.7 Å². The van der Waals surface area contributed by atoms with E-state index in [1.807, 2.05) is 0 Å². The van der Waals surface area contributed by atoms with E-state index in [9.17, 15) is 28.0 Å². The fourth-order valence-electron chi connectivity index (χ4n) is 2.65. The molecular formula is C24H24F2N2O6. The van der Waals surface area contributed by atoms with Gasteiger partial charge in [-0.3, -0.25) is 9.59 Å². The lowest BCUT2D eigenvalue weighted by molar-refractivity contribution is -0.151. The normalized spacial score (nSPS) is 12.5. The molecule has 0 radical (unpaired) electrons. The van der Waals surface area contributed by atoms with Crippen LogP contribution in [0.4, 0.5) is 20.2 Å². The van der Waals surface area contributed by atoms with E-state index in [-0.39, 0.29) is 12.8 Å². The van der Waals surface area contributed by atoms with Gasteiger partial charge in [0.25, 0.3) is 11.8 Å². The number of nitrogens with one attached hydrogen (secondary N) is 2. The predicted octanol–water partition coefficient (Wildman–Crippen LogP) is 3.74. The average molecular weight is 474 g/mol. The molecular weight excluding hydrogens is 450 g/mol. The first kappa shape index (κ1) is 26.2. The standard InChI is InChI=1S/C24H24F2N2O6/c1-3-19(23(31)27-17-9-5-15(25)6-10-17)33-21(29)13-14-22(30)34-20(4-2)24(32)28-18-11-7-16(26)8-12-18/h5-14,19-20H,3-4H2,1-2H3,(H,27,31)(H,28,32)/b14-13+. The summed E-state index contributed by atoms with van der Waals surface area (Å²) in [7, 11) is 0. The summed E-state index contributed by atoms with van der Waals surface area (Å²) in [6.45, 7) is 3.23. The number of esters is 2. The van der Waals surface area contributed by atoms with Crippen LogP contribution in [-0.4, -0.2) is 36.0 Å². The molecule has 2 aromatic rings. The Kier molecular flexibility index (Phi) is 9.88. The molecule has 0 aromatic heterocycles. The van der Waals surface area contributed by atoms with Crippen molar-refractivity contribution in [1.29, 1.82) is 0 Å². The highest BCUT2D eigenvalue weighted by molar-refractivity contribution is 5.99. The summed E-state index contributed by atoms with van der Waals surface area (Å²) in [5, 5.41) is 4.99. The van der Waals surface area contributed by atoms with Gasteiger partial charge in [0.2, 0.25) is 0 Å². The van der Waals surface area contributed by atoms with Gasteiger partial charge in [-0.1, -0.05) is 13.8 Å². The number of amides is 2. The zero-order chi connectivity index (χ0) is 25.1. The van der Waals surface area contributed by atoms with Crippen LogP contribution in [0.25, 0.3) is 0 Å². The van der Waals surface area contributed by atoms with E-state index >= 15 is 0 Å². The summed E-state index contributed by atoms with van der Waals surface area (Å²) in [4.78, 5) is 48.6.